The molecule has 6 heteroatoms. The summed E-state index contributed by atoms with van der Waals surface area (Å²) in [5.41, 5.74) is 1.26. The van der Waals surface area contributed by atoms with Gasteiger partial charge in [-0.2, -0.15) is 5.26 Å². The van der Waals surface area contributed by atoms with Crippen molar-refractivity contribution in [3.05, 3.63) is 63.6 Å². The maximum absolute atomic E-state index is 12.1. The normalized spacial score (nSPS) is 10.0. The van der Waals surface area contributed by atoms with Gasteiger partial charge in [-0.1, -0.05) is 41.4 Å². The van der Waals surface area contributed by atoms with Crippen LogP contribution in [0.4, 0.5) is 0 Å². The van der Waals surface area contributed by atoms with Crippen molar-refractivity contribution in [2.45, 2.75) is 6.54 Å². The van der Waals surface area contributed by atoms with Gasteiger partial charge in [0.05, 0.1) is 15.6 Å². The molecular weight excluding hydrogens is 335 g/mol. The Bertz CT molecular complexity index is 756. The van der Waals surface area contributed by atoms with Crippen LogP contribution >= 0.6 is 23.2 Å². The van der Waals surface area contributed by atoms with E-state index < -0.39 is 0 Å². The number of hydrogen-bond acceptors (Lipinski definition) is 3. The molecule has 0 unspecified atom stereocenters. The second kappa shape index (κ2) is 7.87. The van der Waals surface area contributed by atoms with E-state index in [-0.39, 0.29) is 12.5 Å². The Morgan fingerprint density at radius 3 is 2.65 bits per heavy atom. The zero-order chi connectivity index (χ0) is 16.8. The van der Waals surface area contributed by atoms with Crippen molar-refractivity contribution >= 4 is 29.1 Å². The second-order valence-corrected chi connectivity index (χ2v) is 5.71. The highest BCUT2D eigenvalue weighted by Gasteiger charge is 2.12. The van der Waals surface area contributed by atoms with Gasteiger partial charge < -0.3 is 9.64 Å². The quantitative estimate of drug-likeness (QED) is 0.823. The summed E-state index contributed by atoms with van der Waals surface area (Å²) >= 11 is 11.8. The largest absolute Gasteiger partial charge is 0.482 e. The van der Waals surface area contributed by atoms with Crippen molar-refractivity contribution in [1.29, 1.82) is 5.26 Å². The molecule has 0 spiro atoms. The summed E-state index contributed by atoms with van der Waals surface area (Å²) in [7, 11) is 1.67. The van der Waals surface area contributed by atoms with Gasteiger partial charge in [-0.05, 0) is 29.8 Å². The lowest BCUT2D eigenvalue weighted by Gasteiger charge is -2.18. The van der Waals surface area contributed by atoms with Crippen molar-refractivity contribution in [1.82, 2.24) is 4.90 Å². The smallest absolute Gasteiger partial charge is 0.260 e. The number of rotatable bonds is 5. The predicted octanol–water partition coefficient (Wildman–Crippen LogP) is 3.90. The van der Waals surface area contributed by atoms with Crippen molar-refractivity contribution in [3.8, 4) is 11.8 Å². The molecular formula is C17H14Cl2N2O2. The first-order valence-electron chi connectivity index (χ1n) is 6.81. The van der Waals surface area contributed by atoms with Gasteiger partial charge in [0, 0.05) is 13.6 Å². The first-order chi connectivity index (χ1) is 11.0. The summed E-state index contributed by atoms with van der Waals surface area (Å²) in [5.74, 6) is 0.190. The van der Waals surface area contributed by atoms with Crippen molar-refractivity contribution in [3.63, 3.8) is 0 Å². The Morgan fingerprint density at radius 2 is 1.96 bits per heavy atom. The van der Waals surface area contributed by atoms with E-state index in [0.717, 1.165) is 5.56 Å². The van der Waals surface area contributed by atoms with E-state index in [9.17, 15) is 4.79 Å². The van der Waals surface area contributed by atoms with Crippen molar-refractivity contribution < 1.29 is 9.53 Å². The van der Waals surface area contributed by atoms with Crippen LogP contribution in [0.5, 0.6) is 5.75 Å². The molecule has 1 amide bonds. The topological polar surface area (TPSA) is 53.3 Å². The molecule has 118 valence electrons. The Balaban J connectivity index is 1.95. The average molecular weight is 349 g/mol. The Hall–Kier alpha value is -2.22. The predicted molar refractivity (Wildman–Crippen MR) is 89.6 cm³/mol. The molecule has 0 saturated carbocycles. The van der Waals surface area contributed by atoms with Crippen LogP contribution in [-0.2, 0) is 11.3 Å². The third-order valence-corrected chi connectivity index (χ3v) is 3.93. The second-order valence-electron chi connectivity index (χ2n) is 4.89. The number of amides is 1. The first-order valence-corrected chi connectivity index (χ1v) is 7.56. The van der Waals surface area contributed by atoms with Gasteiger partial charge in [0.15, 0.2) is 6.61 Å². The molecule has 2 aromatic carbocycles. The maximum Gasteiger partial charge on any atom is 0.260 e. The number of halogens is 2. The molecule has 0 N–H and O–H groups in total. The molecule has 0 aliphatic rings. The van der Waals surface area contributed by atoms with Crippen LogP contribution in [0.15, 0.2) is 42.5 Å². The SMILES string of the molecule is CN(Cc1ccc(Cl)c(Cl)c1)C(=O)COc1ccccc1C#N. The van der Waals surface area contributed by atoms with E-state index in [1.807, 2.05) is 12.1 Å². The summed E-state index contributed by atoms with van der Waals surface area (Å²) in [4.78, 5) is 13.7. The number of nitrogens with zero attached hydrogens (tertiary/aromatic N) is 2. The molecule has 23 heavy (non-hydrogen) atoms. The first kappa shape index (κ1) is 17.1. The maximum atomic E-state index is 12.1. The fourth-order valence-electron chi connectivity index (χ4n) is 1.93. The Morgan fingerprint density at radius 1 is 1.22 bits per heavy atom. The zero-order valence-electron chi connectivity index (χ0n) is 12.4. The van der Waals surface area contributed by atoms with Crippen LogP contribution < -0.4 is 4.74 Å². The van der Waals surface area contributed by atoms with Crippen LogP contribution in [0.2, 0.25) is 10.0 Å². The highest BCUT2D eigenvalue weighted by Crippen LogP contribution is 2.23. The summed E-state index contributed by atoms with van der Waals surface area (Å²) in [6.07, 6.45) is 0. The van der Waals surface area contributed by atoms with Gasteiger partial charge in [-0.25, -0.2) is 0 Å². The van der Waals surface area contributed by atoms with Crippen molar-refractivity contribution in [2.24, 2.45) is 0 Å². The number of carbonyl (C=O) groups excluding carboxylic acids is 1. The molecule has 0 atom stereocenters. The monoisotopic (exact) mass is 348 g/mol. The van der Waals surface area contributed by atoms with E-state index in [2.05, 4.69) is 0 Å². The molecule has 0 aliphatic carbocycles. The molecule has 0 radical (unpaired) electrons. The zero-order valence-corrected chi connectivity index (χ0v) is 13.9. The summed E-state index contributed by atoms with van der Waals surface area (Å²) in [6.45, 7) is 0.246. The van der Waals surface area contributed by atoms with Crippen molar-refractivity contribution in [2.75, 3.05) is 13.7 Å². The third kappa shape index (κ3) is 4.62. The van der Waals surface area contributed by atoms with E-state index >= 15 is 0 Å². The summed E-state index contributed by atoms with van der Waals surface area (Å²) < 4.78 is 5.43. The van der Waals surface area contributed by atoms with Crippen LogP contribution in [0.3, 0.4) is 0 Å². The molecule has 0 aliphatic heterocycles. The summed E-state index contributed by atoms with van der Waals surface area (Å²) in [6, 6.07) is 14.0. The lowest BCUT2D eigenvalue weighted by atomic mass is 10.2. The Kier molecular flexibility index (Phi) is 5.86. The number of carbonyl (C=O) groups is 1. The number of para-hydroxylation sites is 1. The van der Waals surface area contributed by atoms with E-state index in [1.165, 1.54) is 4.90 Å². The van der Waals surface area contributed by atoms with Gasteiger partial charge >= 0.3 is 0 Å². The van der Waals surface area contributed by atoms with Gasteiger partial charge in [0.1, 0.15) is 11.8 Å². The van der Waals surface area contributed by atoms with Gasteiger partial charge in [-0.15, -0.1) is 0 Å². The van der Waals surface area contributed by atoms with Gasteiger partial charge in [0.2, 0.25) is 0 Å². The van der Waals surface area contributed by atoms with E-state index in [0.29, 0.717) is 27.9 Å². The van der Waals surface area contributed by atoms with Crippen LogP contribution in [0.25, 0.3) is 0 Å². The number of likely N-dealkylation sites (N-methyl/N-ethyl adjacent to an activating group) is 1. The van der Waals surface area contributed by atoms with E-state index in [1.54, 1.807) is 43.4 Å². The van der Waals surface area contributed by atoms with Gasteiger partial charge in [0.25, 0.3) is 5.91 Å². The third-order valence-electron chi connectivity index (χ3n) is 3.19. The van der Waals surface area contributed by atoms with Gasteiger partial charge in [-0.3, -0.25) is 4.79 Å². The number of nitriles is 1. The lowest BCUT2D eigenvalue weighted by molar-refractivity contribution is -0.132. The molecule has 4 nitrogen and oxygen atoms in total. The fourth-order valence-corrected chi connectivity index (χ4v) is 2.26. The van der Waals surface area contributed by atoms with E-state index in [4.69, 9.17) is 33.2 Å². The lowest BCUT2D eigenvalue weighted by Crippen LogP contribution is -2.31. The fraction of sp³-hybridized carbons (Fsp3) is 0.176. The average Bonchev–Trinajstić information content (AvgIpc) is 2.56. The molecule has 2 aromatic rings. The molecule has 0 aromatic heterocycles. The number of ether oxygens (including phenoxy) is 1. The Labute approximate surface area is 144 Å². The standard InChI is InChI=1S/C17H14Cl2N2O2/c1-21(10-12-6-7-14(18)15(19)8-12)17(22)11-23-16-5-3-2-4-13(16)9-20/h2-8H,10-11H2,1H3. The summed E-state index contributed by atoms with van der Waals surface area (Å²) in [5, 5.41) is 9.91. The molecule has 0 saturated heterocycles. The molecule has 2 rings (SSSR count). The number of hydrogen-bond donors (Lipinski definition) is 0. The minimum atomic E-state index is -0.205. The minimum absolute atomic E-state index is 0.142. The molecule has 0 bridgehead atoms. The molecule has 0 heterocycles. The van der Waals surface area contributed by atoms with Crippen LogP contribution in [0.1, 0.15) is 11.1 Å². The number of benzene rings is 2. The highest BCUT2D eigenvalue weighted by molar-refractivity contribution is 6.42. The molecule has 0 fully saturated rings. The minimum Gasteiger partial charge on any atom is -0.482 e. The van der Waals surface area contributed by atoms with Crippen LogP contribution in [0, 0.1) is 11.3 Å². The highest BCUT2D eigenvalue weighted by atomic mass is 35.5. The van der Waals surface area contributed by atoms with Crippen LogP contribution in [-0.4, -0.2) is 24.5 Å².